The summed E-state index contributed by atoms with van der Waals surface area (Å²) in [5, 5.41) is 21.6. The Kier molecular flexibility index (Phi) is 7.06. The summed E-state index contributed by atoms with van der Waals surface area (Å²) in [4.78, 5) is 38.4. The zero-order valence-corrected chi connectivity index (χ0v) is 19.8. The molecular weight excluding hydrogens is 470 g/mol. The second-order valence-electron chi connectivity index (χ2n) is 7.48. The number of nitro benzene ring substituents is 1. The van der Waals surface area contributed by atoms with Gasteiger partial charge in [0, 0.05) is 25.0 Å². The molecule has 0 atom stereocenters. The molecule has 1 heterocycles. The topological polar surface area (TPSA) is 120 Å². The van der Waals surface area contributed by atoms with Crippen molar-refractivity contribution in [2.45, 2.75) is 17.0 Å². The van der Waals surface area contributed by atoms with Crippen LogP contribution in [0.1, 0.15) is 17.3 Å². The van der Waals surface area contributed by atoms with E-state index in [1.54, 1.807) is 16.5 Å². The monoisotopic (exact) mass is 491 g/mol. The average Bonchev–Trinajstić information content (AvgIpc) is 3.27. The summed E-state index contributed by atoms with van der Waals surface area (Å²) in [6.45, 7) is 1.71. The number of aromatic nitrogens is 3. The van der Waals surface area contributed by atoms with Gasteiger partial charge < -0.3 is 14.2 Å². The molecule has 0 fully saturated rings. The lowest BCUT2D eigenvalue weighted by atomic mass is 10.1. The fraction of sp³-hybridized carbons (Fsp3) is 0.167. The van der Waals surface area contributed by atoms with E-state index in [1.165, 1.54) is 18.5 Å². The Hall–Kier alpha value is -4.25. The molecular formula is C24H21N5O5S. The zero-order chi connectivity index (χ0) is 24.9. The first kappa shape index (κ1) is 23.9. The molecule has 1 aromatic heterocycles. The van der Waals surface area contributed by atoms with Crippen molar-refractivity contribution in [1.29, 1.82) is 0 Å². The zero-order valence-electron chi connectivity index (χ0n) is 19.0. The summed E-state index contributed by atoms with van der Waals surface area (Å²) in [7, 11) is 1.72. The van der Waals surface area contributed by atoms with Crippen LogP contribution in [0.4, 0.5) is 11.4 Å². The first-order chi connectivity index (χ1) is 16.9. The average molecular weight is 492 g/mol. The highest BCUT2D eigenvalue weighted by molar-refractivity contribution is 7.99. The second kappa shape index (κ2) is 10.3. The molecule has 35 heavy (non-hydrogen) atoms. The third-order valence-corrected chi connectivity index (χ3v) is 6.38. The number of anilines is 1. The van der Waals surface area contributed by atoms with E-state index in [-0.39, 0.29) is 11.3 Å². The summed E-state index contributed by atoms with van der Waals surface area (Å²) in [5.41, 5.74) is 0.414. The number of nitrogens with zero attached hydrogens (tertiary/aromatic N) is 5. The smallest absolute Gasteiger partial charge is 0.338 e. The highest BCUT2D eigenvalue weighted by Gasteiger charge is 2.22. The number of fused-ring (bicyclic) bond motifs is 1. The third kappa shape index (κ3) is 5.14. The molecule has 0 spiro atoms. The minimum atomic E-state index is -0.828. The number of carbonyl (C=O) groups is 2. The summed E-state index contributed by atoms with van der Waals surface area (Å²) in [6.07, 6.45) is 1.48. The number of nitro groups is 1. The lowest BCUT2D eigenvalue weighted by Gasteiger charge is -2.22. The van der Waals surface area contributed by atoms with Gasteiger partial charge in [0.05, 0.1) is 21.1 Å². The van der Waals surface area contributed by atoms with Crippen molar-refractivity contribution in [2.75, 3.05) is 18.1 Å². The lowest BCUT2D eigenvalue weighted by Crippen LogP contribution is -2.34. The number of likely N-dealkylation sites (N-methyl/N-ethyl adjacent to an activating group) is 1. The molecule has 0 saturated carbocycles. The van der Waals surface area contributed by atoms with Gasteiger partial charge in [-0.25, -0.2) is 4.79 Å². The summed E-state index contributed by atoms with van der Waals surface area (Å²) in [5.74, 6) is -1.23. The molecule has 0 bridgehead atoms. The molecule has 0 N–H and O–H groups in total. The molecule has 178 valence electrons. The minimum Gasteiger partial charge on any atom is -0.452 e. The van der Waals surface area contributed by atoms with E-state index in [0.29, 0.717) is 22.3 Å². The number of hydrogen-bond acceptors (Lipinski definition) is 8. The van der Waals surface area contributed by atoms with E-state index in [0.717, 1.165) is 28.6 Å². The standard InChI is InChI=1S/C24H21N5O5S/c1-3-28(19-10-6-8-16-7-4-5-9-18(16)19)22(30)14-34-23(31)17-11-12-21(20(13-17)29(32)33)35-24-26-25-15-27(24)2/h4-13,15H,3,14H2,1-2H3. The molecule has 0 unspecified atom stereocenters. The molecule has 0 aliphatic heterocycles. The van der Waals surface area contributed by atoms with Crippen LogP contribution in [0.25, 0.3) is 10.8 Å². The minimum absolute atomic E-state index is 0.0278. The van der Waals surface area contributed by atoms with Crippen LogP contribution in [0.15, 0.2) is 77.0 Å². The van der Waals surface area contributed by atoms with Crippen molar-refractivity contribution in [3.63, 3.8) is 0 Å². The second-order valence-corrected chi connectivity index (χ2v) is 8.49. The van der Waals surface area contributed by atoms with E-state index in [1.807, 2.05) is 49.4 Å². The first-order valence-electron chi connectivity index (χ1n) is 10.6. The van der Waals surface area contributed by atoms with Gasteiger partial charge in [-0.15, -0.1) is 10.2 Å². The Morgan fingerprint density at radius 3 is 2.63 bits per heavy atom. The Balaban J connectivity index is 1.49. The van der Waals surface area contributed by atoms with Crippen LogP contribution < -0.4 is 4.90 Å². The van der Waals surface area contributed by atoms with Gasteiger partial charge in [0.15, 0.2) is 11.8 Å². The largest absolute Gasteiger partial charge is 0.452 e. The number of rotatable bonds is 8. The molecule has 0 aliphatic carbocycles. The quantitative estimate of drug-likeness (QED) is 0.204. The van der Waals surface area contributed by atoms with Gasteiger partial charge in [0.1, 0.15) is 6.33 Å². The highest BCUT2D eigenvalue weighted by Crippen LogP contribution is 2.34. The van der Waals surface area contributed by atoms with E-state index in [2.05, 4.69) is 10.2 Å². The van der Waals surface area contributed by atoms with Gasteiger partial charge in [-0.2, -0.15) is 0 Å². The van der Waals surface area contributed by atoms with Gasteiger partial charge in [0.2, 0.25) is 0 Å². The first-order valence-corrected chi connectivity index (χ1v) is 11.5. The summed E-state index contributed by atoms with van der Waals surface area (Å²) < 4.78 is 6.84. The normalized spacial score (nSPS) is 10.8. The predicted octanol–water partition coefficient (Wildman–Crippen LogP) is 4.24. The SMILES string of the molecule is CCN(C(=O)COC(=O)c1ccc(Sc2nncn2C)c([N+](=O)[O-])c1)c1cccc2ccccc12. The maximum Gasteiger partial charge on any atom is 0.338 e. The summed E-state index contributed by atoms with van der Waals surface area (Å²) >= 11 is 1.05. The van der Waals surface area contributed by atoms with E-state index < -0.39 is 23.4 Å². The summed E-state index contributed by atoms with van der Waals surface area (Å²) in [6, 6.07) is 17.3. The lowest BCUT2D eigenvalue weighted by molar-refractivity contribution is -0.387. The fourth-order valence-electron chi connectivity index (χ4n) is 3.55. The van der Waals surface area contributed by atoms with Crippen molar-refractivity contribution >= 4 is 45.8 Å². The van der Waals surface area contributed by atoms with Crippen LogP contribution in [0.2, 0.25) is 0 Å². The number of esters is 1. The van der Waals surface area contributed by atoms with Crippen molar-refractivity contribution in [2.24, 2.45) is 7.05 Å². The number of hydrogen-bond donors (Lipinski definition) is 0. The van der Waals surface area contributed by atoms with E-state index >= 15 is 0 Å². The Morgan fingerprint density at radius 1 is 1.14 bits per heavy atom. The van der Waals surface area contributed by atoms with Crippen molar-refractivity contribution < 1.29 is 19.2 Å². The third-order valence-electron chi connectivity index (χ3n) is 5.26. The Bertz CT molecular complexity index is 1420. The van der Waals surface area contributed by atoms with Crippen LogP contribution in [-0.4, -0.2) is 44.7 Å². The van der Waals surface area contributed by atoms with Crippen molar-refractivity contribution in [3.8, 4) is 0 Å². The Labute approximate surface area is 204 Å². The molecule has 11 heteroatoms. The van der Waals surface area contributed by atoms with Crippen LogP contribution in [-0.2, 0) is 16.6 Å². The molecule has 3 aromatic carbocycles. The van der Waals surface area contributed by atoms with Gasteiger partial charge >= 0.3 is 5.97 Å². The molecule has 4 aromatic rings. The van der Waals surface area contributed by atoms with Crippen LogP contribution >= 0.6 is 11.8 Å². The van der Waals surface area contributed by atoms with Crippen LogP contribution in [0.5, 0.6) is 0 Å². The maximum absolute atomic E-state index is 12.9. The van der Waals surface area contributed by atoms with Gasteiger partial charge in [-0.05, 0) is 42.3 Å². The van der Waals surface area contributed by atoms with Crippen LogP contribution in [0, 0.1) is 10.1 Å². The van der Waals surface area contributed by atoms with Gasteiger partial charge in [-0.1, -0.05) is 36.4 Å². The number of ether oxygens (including phenoxy) is 1. The molecule has 0 saturated heterocycles. The number of benzene rings is 3. The highest BCUT2D eigenvalue weighted by atomic mass is 32.2. The van der Waals surface area contributed by atoms with Gasteiger partial charge in [-0.3, -0.25) is 14.9 Å². The van der Waals surface area contributed by atoms with Crippen LogP contribution in [0.3, 0.4) is 0 Å². The van der Waals surface area contributed by atoms with Gasteiger partial charge in [0.25, 0.3) is 11.6 Å². The number of aryl methyl sites for hydroxylation is 1. The van der Waals surface area contributed by atoms with E-state index in [4.69, 9.17) is 4.74 Å². The number of amides is 1. The van der Waals surface area contributed by atoms with Crippen molar-refractivity contribution in [1.82, 2.24) is 14.8 Å². The fourth-order valence-corrected chi connectivity index (χ4v) is 4.40. The molecule has 10 nitrogen and oxygen atoms in total. The predicted molar refractivity (Wildman–Crippen MR) is 130 cm³/mol. The molecule has 4 rings (SSSR count). The molecule has 0 radical (unpaired) electrons. The van der Waals surface area contributed by atoms with Crippen molar-refractivity contribution in [3.05, 3.63) is 82.7 Å². The van der Waals surface area contributed by atoms with E-state index in [9.17, 15) is 19.7 Å². The number of carbonyl (C=O) groups excluding carboxylic acids is 2. The molecule has 1 amide bonds. The maximum atomic E-state index is 12.9. The molecule has 0 aliphatic rings. The Morgan fingerprint density at radius 2 is 1.91 bits per heavy atom.